The SMILES string of the molecule is C[C@H](CC(=O)N1C(=O)OC[C@H]1c1ccccc1)c1ccc2ccccc2c1. The summed E-state index contributed by atoms with van der Waals surface area (Å²) >= 11 is 0. The maximum atomic E-state index is 12.9. The fraction of sp³-hybridized carbons (Fsp3) is 0.217. The third kappa shape index (κ3) is 3.43. The number of ether oxygens (including phenoxy) is 1. The molecule has 1 aliphatic rings. The van der Waals surface area contributed by atoms with Crippen LogP contribution < -0.4 is 0 Å². The van der Waals surface area contributed by atoms with Gasteiger partial charge in [-0.3, -0.25) is 4.79 Å². The zero-order chi connectivity index (χ0) is 18.8. The van der Waals surface area contributed by atoms with Gasteiger partial charge >= 0.3 is 6.09 Å². The van der Waals surface area contributed by atoms with Crippen molar-refractivity contribution >= 4 is 22.8 Å². The molecule has 0 spiro atoms. The highest BCUT2D eigenvalue weighted by Crippen LogP contribution is 2.31. The molecule has 136 valence electrons. The second kappa shape index (κ2) is 7.23. The van der Waals surface area contributed by atoms with Crippen molar-refractivity contribution in [2.24, 2.45) is 0 Å². The third-order valence-corrected chi connectivity index (χ3v) is 5.15. The molecule has 0 N–H and O–H groups in total. The first-order valence-corrected chi connectivity index (χ1v) is 9.16. The van der Waals surface area contributed by atoms with E-state index >= 15 is 0 Å². The Morgan fingerprint density at radius 1 is 1.04 bits per heavy atom. The van der Waals surface area contributed by atoms with Crippen molar-refractivity contribution in [2.75, 3.05) is 6.61 Å². The van der Waals surface area contributed by atoms with Gasteiger partial charge in [0.2, 0.25) is 5.91 Å². The first kappa shape index (κ1) is 17.3. The quantitative estimate of drug-likeness (QED) is 0.654. The minimum Gasteiger partial charge on any atom is -0.446 e. The summed E-state index contributed by atoms with van der Waals surface area (Å²) in [5, 5.41) is 2.32. The number of hydrogen-bond acceptors (Lipinski definition) is 3. The summed E-state index contributed by atoms with van der Waals surface area (Å²) in [4.78, 5) is 26.4. The maximum absolute atomic E-state index is 12.9. The summed E-state index contributed by atoms with van der Waals surface area (Å²) in [5.41, 5.74) is 2.00. The number of nitrogens with zero attached hydrogens (tertiary/aromatic N) is 1. The number of amides is 2. The van der Waals surface area contributed by atoms with E-state index in [0.717, 1.165) is 16.5 Å². The fourth-order valence-electron chi connectivity index (χ4n) is 3.61. The van der Waals surface area contributed by atoms with Gasteiger partial charge in [0, 0.05) is 6.42 Å². The summed E-state index contributed by atoms with van der Waals surface area (Å²) in [5.74, 6) is -0.195. The highest BCUT2D eigenvalue weighted by molar-refractivity contribution is 5.94. The van der Waals surface area contributed by atoms with Gasteiger partial charge in [-0.2, -0.15) is 0 Å². The van der Waals surface area contributed by atoms with E-state index in [-0.39, 0.29) is 30.9 Å². The molecule has 0 aromatic heterocycles. The largest absolute Gasteiger partial charge is 0.446 e. The molecule has 27 heavy (non-hydrogen) atoms. The number of fused-ring (bicyclic) bond motifs is 1. The predicted molar refractivity (Wildman–Crippen MR) is 104 cm³/mol. The van der Waals surface area contributed by atoms with Crippen LogP contribution in [0.4, 0.5) is 4.79 Å². The van der Waals surface area contributed by atoms with Gasteiger partial charge in [0.05, 0.1) is 0 Å². The van der Waals surface area contributed by atoms with Gasteiger partial charge in [-0.15, -0.1) is 0 Å². The van der Waals surface area contributed by atoms with E-state index in [2.05, 4.69) is 30.3 Å². The van der Waals surface area contributed by atoms with Crippen molar-refractivity contribution in [2.45, 2.75) is 25.3 Å². The standard InChI is InChI=1S/C23H21NO3/c1-16(19-12-11-17-7-5-6-10-20(17)14-19)13-22(25)24-21(15-27-23(24)26)18-8-3-2-4-9-18/h2-12,14,16,21H,13,15H2,1H3/t16-,21+/m1/s1. The second-order valence-electron chi connectivity index (χ2n) is 6.98. The molecule has 0 bridgehead atoms. The second-order valence-corrected chi connectivity index (χ2v) is 6.98. The Morgan fingerprint density at radius 3 is 2.52 bits per heavy atom. The molecule has 4 rings (SSSR count). The molecule has 0 aliphatic carbocycles. The van der Waals surface area contributed by atoms with E-state index in [0.29, 0.717) is 0 Å². The van der Waals surface area contributed by atoms with Crippen molar-refractivity contribution in [3.63, 3.8) is 0 Å². The molecule has 1 saturated heterocycles. The van der Waals surface area contributed by atoms with Crippen LogP contribution in [0.1, 0.15) is 36.4 Å². The Morgan fingerprint density at radius 2 is 1.74 bits per heavy atom. The minimum absolute atomic E-state index is 0.00642. The molecule has 1 heterocycles. The van der Waals surface area contributed by atoms with E-state index in [1.165, 1.54) is 10.3 Å². The molecule has 3 aromatic rings. The van der Waals surface area contributed by atoms with Gasteiger partial charge < -0.3 is 4.74 Å². The van der Waals surface area contributed by atoms with Gasteiger partial charge in [-0.1, -0.05) is 79.7 Å². The number of carbonyl (C=O) groups is 2. The number of benzene rings is 3. The summed E-state index contributed by atoms with van der Waals surface area (Å²) in [7, 11) is 0. The number of imide groups is 1. The van der Waals surface area contributed by atoms with E-state index in [4.69, 9.17) is 4.74 Å². The van der Waals surface area contributed by atoms with Crippen molar-refractivity contribution in [1.29, 1.82) is 0 Å². The molecule has 2 amide bonds. The molecule has 0 saturated carbocycles. The summed E-state index contributed by atoms with van der Waals surface area (Å²) < 4.78 is 5.16. The molecule has 3 aromatic carbocycles. The van der Waals surface area contributed by atoms with Crippen molar-refractivity contribution < 1.29 is 14.3 Å². The lowest BCUT2D eigenvalue weighted by molar-refractivity contribution is -0.129. The van der Waals surface area contributed by atoms with E-state index in [9.17, 15) is 9.59 Å². The van der Waals surface area contributed by atoms with Crippen LogP contribution in [0.5, 0.6) is 0 Å². The van der Waals surface area contributed by atoms with Crippen LogP contribution >= 0.6 is 0 Å². The van der Waals surface area contributed by atoms with E-state index in [1.807, 2.05) is 49.4 Å². The van der Waals surface area contributed by atoms with Crippen LogP contribution in [0, 0.1) is 0 Å². The van der Waals surface area contributed by atoms with Crippen LogP contribution in [0.2, 0.25) is 0 Å². The Hall–Kier alpha value is -3.14. The van der Waals surface area contributed by atoms with Crippen LogP contribution in [0.25, 0.3) is 10.8 Å². The highest BCUT2D eigenvalue weighted by atomic mass is 16.6. The molecular formula is C23H21NO3. The minimum atomic E-state index is -0.556. The first-order chi connectivity index (χ1) is 13.1. The zero-order valence-electron chi connectivity index (χ0n) is 15.2. The average Bonchev–Trinajstić information content (AvgIpc) is 3.09. The normalized spacial score (nSPS) is 17.7. The van der Waals surface area contributed by atoms with Crippen LogP contribution in [0.15, 0.2) is 72.8 Å². The number of cyclic esters (lactones) is 1. The average molecular weight is 359 g/mol. The Bertz CT molecular complexity index is 983. The molecule has 1 fully saturated rings. The number of rotatable bonds is 4. The van der Waals surface area contributed by atoms with Gasteiger partial charge in [0.25, 0.3) is 0 Å². The molecule has 1 aliphatic heterocycles. The van der Waals surface area contributed by atoms with Crippen LogP contribution in [-0.2, 0) is 9.53 Å². The lowest BCUT2D eigenvalue weighted by Gasteiger charge is -2.22. The maximum Gasteiger partial charge on any atom is 0.417 e. The Kier molecular flexibility index (Phi) is 4.63. The molecular weight excluding hydrogens is 338 g/mol. The van der Waals surface area contributed by atoms with Gasteiger partial charge in [0.1, 0.15) is 12.6 Å². The molecule has 4 heteroatoms. The Labute approximate surface area is 158 Å². The fourth-order valence-corrected chi connectivity index (χ4v) is 3.61. The smallest absolute Gasteiger partial charge is 0.417 e. The van der Waals surface area contributed by atoms with Crippen molar-refractivity contribution in [3.05, 3.63) is 83.9 Å². The molecule has 0 radical (unpaired) electrons. The van der Waals surface area contributed by atoms with Gasteiger partial charge in [0.15, 0.2) is 0 Å². The predicted octanol–water partition coefficient (Wildman–Crippen LogP) is 5.05. The molecule has 0 unspecified atom stereocenters. The summed E-state index contributed by atoms with van der Waals surface area (Å²) in [6, 6.07) is 23.6. The monoisotopic (exact) mass is 359 g/mol. The van der Waals surface area contributed by atoms with Crippen LogP contribution in [-0.4, -0.2) is 23.5 Å². The van der Waals surface area contributed by atoms with E-state index < -0.39 is 6.09 Å². The zero-order valence-corrected chi connectivity index (χ0v) is 15.2. The third-order valence-electron chi connectivity index (χ3n) is 5.15. The molecule has 2 atom stereocenters. The molecule has 4 nitrogen and oxygen atoms in total. The Balaban J connectivity index is 1.53. The lowest BCUT2D eigenvalue weighted by atomic mass is 9.94. The van der Waals surface area contributed by atoms with Crippen molar-refractivity contribution in [1.82, 2.24) is 4.90 Å². The van der Waals surface area contributed by atoms with E-state index in [1.54, 1.807) is 0 Å². The lowest BCUT2D eigenvalue weighted by Crippen LogP contribution is -2.34. The summed E-state index contributed by atoms with van der Waals surface area (Å²) in [6.45, 7) is 2.22. The van der Waals surface area contributed by atoms with Crippen LogP contribution in [0.3, 0.4) is 0 Å². The topological polar surface area (TPSA) is 46.6 Å². The summed E-state index contributed by atoms with van der Waals surface area (Å²) in [6.07, 6.45) is -0.295. The van der Waals surface area contributed by atoms with Gasteiger partial charge in [-0.05, 0) is 27.8 Å². The van der Waals surface area contributed by atoms with Gasteiger partial charge in [-0.25, -0.2) is 9.69 Å². The number of hydrogen-bond donors (Lipinski definition) is 0. The number of carbonyl (C=O) groups excluding carboxylic acids is 2. The first-order valence-electron chi connectivity index (χ1n) is 9.16. The highest BCUT2D eigenvalue weighted by Gasteiger charge is 2.39. The van der Waals surface area contributed by atoms with Crippen molar-refractivity contribution in [3.8, 4) is 0 Å².